The van der Waals surface area contributed by atoms with Crippen molar-refractivity contribution in [1.29, 1.82) is 0 Å². The number of anilines is 2. The topological polar surface area (TPSA) is 103 Å². The lowest BCUT2D eigenvalue weighted by molar-refractivity contribution is -0.115. The number of furan rings is 1. The van der Waals surface area contributed by atoms with Crippen molar-refractivity contribution in [1.82, 2.24) is 4.98 Å². The number of hydrogen-bond acceptors (Lipinski definition) is 7. The molecule has 3 rings (SSSR count). The van der Waals surface area contributed by atoms with Crippen LogP contribution in [-0.4, -0.2) is 30.0 Å². The number of benzene rings is 1. The molecule has 3 aromatic rings. The van der Waals surface area contributed by atoms with Gasteiger partial charge in [0.2, 0.25) is 5.91 Å². The third-order valence-corrected chi connectivity index (χ3v) is 4.50. The molecule has 0 aliphatic heterocycles. The minimum Gasteiger partial charge on any atom is -0.494 e. The molecule has 2 N–H and O–H groups in total. The zero-order chi connectivity index (χ0) is 20.6. The predicted octanol–water partition coefficient (Wildman–Crippen LogP) is 3.97. The predicted molar refractivity (Wildman–Crippen MR) is 110 cm³/mol. The van der Waals surface area contributed by atoms with E-state index < -0.39 is 5.91 Å². The Labute approximate surface area is 171 Å². The zero-order valence-corrected chi connectivity index (χ0v) is 16.9. The average Bonchev–Trinajstić information content (AvgIpc) is 3.36. The van der Waals surface area contributed by atoms with Crippen molar-refractivity contribution >= 4 is 34.0 Å². The third kappa shape index (κ3) is 5.58. The van der Waals surface area contributed by atoms with Crippen LogP contribution < -0.4 is 20.1 Å². The van der Waals surface area contributed by atoms with Gasteiger partial charge in [-0.25, -0.2) is 4.98 Å². The summed E-state index contributed by atoms with van der Waals surface area (Å²) in [6, 6.07) is 8.46. The molecule has 152 valence electrons. The Balaban J connectivity index is 1.63. The highest BCUT2D eigenvalue weighted by Gasteiger charge is 2.14. The number of ether oxygens (including phenoxy) is 2. The Hall–Kier alpha value is -3.33. The van der Waals surface area contributed by atoms with Gasteiger partial charge in [0.25, 0.3) is 5.91 Å². The van der Waals surface area contributed by atoms with Crippen molar-refractivity contribution in [2.45, 2.75) is 20.3 Å². The van der Waals surface area contributed by atoms with E-state index in [2.05, 4.69) is 15.6 Å². The Bertz CT molecular complexity index is 968. The van der Waals surface area contributed by atoms with Crippen LogP contribution >= 0.6 is 11.3 Å². The average molecular weight is 415 g/mol. The van der Waals surface area contributed by atoms with E-state index in [0.717, 1.165) is 0 Å². The molecule has 0 aliphatic carbocycles. The van der Waals surface area contributed by atoms with Crippen molar-refractivity contribution in [3.05, 3.63) is 53.4 Å². The van der Waals surface area contributed by atoms with Crippen LogP contribution in [0.5, 0.6) is 11.5 Å². The summed E-state index contributed by atoms with van der Waals surface area (Å²) in [5.41, 5.74) is 1.07. The summed E-state index contributed by atoms with van der Waals surface area (Å²) in [7, 11) is 0. The van der Waals surface area contributed by atoms with Crippen LogP contribution in [0.3, 0.4) is 0 Å². The molecule has 2 aromatic heterocycles. The van der Waals surface area contributed by atoms with Crippen LogP contribution in [0.15, 0.2) is 46.4 Å². The van der Waals surface area contributed by atoms with Crippen LogP contribution in [0, 0.1) is 0 Å². The summed E-state index contributed by atoms with van der Waals surface area (Å²) in [4.78, 5) is 28.7. The van der Waals surface area contributed by atoms with Gasteiger partial charge in [-0.2, -0.15) is 0 Å². The fourth-order valence-corrected chi connectivity index (χ4v) is 3.22. The first kappa shape index (κ1) is 20.4. The lowest BCUT2D eigenvalue weighted by Crippen LogP contribution is -2.16. The molecule has 0 atom stereocenters. The fraction of sp³-hybridized carbons (Fsp3) is 0.250. The number of carbonyl (C=O) groups is 2. The molecule has 8 nitrogen and oxygen atoms in total. The highest BCUT2D eigenvalue weighted by molar-refractivity contribution is 7.14. The van der Waals surface area contributed by atoms with Crippen molar-refractivity contribution in [2.24, 2.45) is 0 Å². The Morgan fingerprint density at radius 3 is 2.69 bits per heavy atom. The molecule has 0 radical (unpaired) electrons. The van der Waals surface area contributed by atoms with Gasteiger partial charge in [0, 0.05) is 11.4 Å². The Kier molecular flexibility index (Phi) is 6.85. The molecule has 29 heavy (non-hydrogen) atoms. The van der Waals surface area contributed by atoms with E-state index in [1.54, 1.807) is 35.7 Å². The summed E-state index contributed by atoms with van der Waals surface area (Å²) in [5, 5.41) is 7.59. The number of amides is 2. The molecule has 1 aromatic carbocycles. The van der Waals surface area contributed by atoms with E-state index in [-0.39, 0.29) is 18.1 Å². The number of nitrogens with zero attached hydrogens (tertiary/aromatic N) is 1. The SMILES string of the molecule is CCOc1ccc(OCC)c(NC(=O)Cc2csc(NC(=O)c3ccco3)n2)c1. The maximum absolute atomic E-state index is 12.5. The van der Waals surface area contributed by atoms with Crippen LogP contribution in [0.25, 0.3) is 0 Å². The van der Waals surface area contributed by atoms with Crippen molar-refractivity contribution < 1.29 is 23.5 Å². The van der Waals surface area contributed by atoms with Gasteiger partial charge in [-0.1, -0.05) is 0 Å². The molecule has 0 saturated carbocycles. The van der Waals surface area contributed by atoms with Crippen LogP contribution in [0.4, 0.5) is 10.8 Å². The molecular formula is C20H21N3O5S. The van der Waals surface area contributed by atoms with Crippen LogP contribution in [0.1, 0.15) is 30.1 Å². The minimum atomic E-state index is -0.394. The molecule has 0 fully saturated rings. The number of nitrogens with one attached hydrogen (secondary N) is 2. The van der Waals surface area contributed by atoms with Crippen molar-refractivity contribution in [3.8, 4) is 11.5 Å². The summed E-state index contributed by atoms with van der Waals surface area (Å²) >= 11 is 1.23. The molecule has 0 aliphatic rings. The second-order valence-electron chi connectivity index (χ2n) is 5.82. The monoisotopic (exact) mass is 415 g/mol. The summed E-state index contributed by atoms with van der Waals surface area (Å²) in [5.74, 6) is 0.747. The highest BCUT2D eigenvalue weighted by atomic mass is 32.1. The highest BCUT2D eigenvalue weighted by Crippen LogP contribution is 2.29. The Morgan fingerprint density at radius 1 is 1.14 bits per heavy atom. The first-order valence-electron chi connectivity index (χ1n) is 9.07. The van der Waals surface area contributed by atoms with E-state index in [9.17, 15) is 9.59 Å². The van der Waals surface area contributed by atoms with E-state index in [1.165, 1.54) is 17.6 Å². The molecule has 0 bridgehead atoms. The molecule has 0 spiro atoms. The van der Waals surface area contributed by atoms with Gasteiger partial charge < -0.3 is 19.2 Å². The first-order valence-corrected chi connectivity index (χ1v) is 9.95. The second-order valence-corrected chi connectivity index (χ2v) is 6.68. The lowest BCUT2D eigenvalue weighted by atomic mass is 10.2. The first-order chi connectivity index (χ1) is 14.1. The van der Waals surface area contributed by atoms with Gasteiger partial charge in [0.15, 0.2) is 10.9 Å². The number of hydrogen-bond donors (Lipinski definition) is 2. The maximum atomic E-state index is 12.5. The minimum absolute atomic E-state index is 0.0531. The quantitative estimate of drug-likeness (QED) is 0.548. The summed E-state index contributed by atoms with van der Waals surface area (Å²) < 4.78 is 16.1. The van der Waals surface area contributed by atoms with Gasteiger partial charge in [-0.15, -0.1) is 11.3 Å². The molecular weight excluding hydrogens is 394 g/mol. The third-order valence-electron chi connectivity index (χ3n) is 3.69. The molecule has 0 saturated heterocycles. The summed E-state index contributed by atoms with van der Waals surface area (Å²) in [6.45, 7) is 4.75. The number of thiazole rings is 1. The van der Waals surface area contributed by atoms with E-state index in [1.807, 2.05) is 13.8 Å². The molecule has 0 unspecified atom stereocenters. The maximum Gasteiger partial charge on any atom is 0.293 e. The fourth-order valence-electron chi connectivity index (χ4n) is 2.52. The van der Waals surface area contributed by atoms with Crippen molar-refractivity contribution in [3.63, 3.8) is 0 Å². The van der Waals surface area contributed by atoms with E-state index in [4.69, 9.17) is 13.9 Å². The van der Waals surface area contributed by atoms with E-state index >= 15 is 0 Å². The van der Waals surface area contributed by atoms with Crippen LogP contribution in [0.2, 0.25) is 0 Å². The number of aromatic nitrogens is 1. The van der Waals surface area contributed by atoms with Crippen LogP contribution in [-0.2, 0) is 11.2 Å². The number of carbonyl (C=O) groups excluding carboxylic acids is 2. The lowest BCUT2D eigenvalue weighted by Gasteiger charge is -2.13. The van der Waals surface area contributed by atoms with E-state index in [0.29, 0.717) is 41.2 Å². The smallest absolute Gasteiger partial charge is 0.293 e. The zero-order valence-electron chi connectivity index (χ0n) is 16.1. The van der Waals surface area contributed by atoms with Gasteiger partial charge >= 0.3 is 0 Å². The molecule has 2 heterocycles. The van der Waals surface area contributed by atoms with Gasteiger partial charge in [0.05, 0.1) is 37.3 Å². The normalized spacial score (nSPS) is 10.4. The molecule has 2 amide bonds. The second kappa shape index (κ2) is 9.74. The molecule has 9 heteroatoms. The van der Waals surface area contributed by atoms with Crippen molar-refractivity contribution in [2.75, 3.05) is 23.8 Å². The standard InChI is InChI=1S/C20H21N3O5S/c1-3-26-14-7-8-16(27-4-2)15(11-14)22-18(24)10-13-12-29-20(21-13)23-19(25)17-6-5-9-28-17/h5-9,11-12H,3-4,10H2,1-2H3,(H,22,24)(H,21,23,25). The number of rotatable bonds is 9. The van der Waals surface area contributed by atoms with Gasteiger partial charge in [-0.05, 0) is 38.1 Å². The van der Waals surface area contributed by atoms with Gasteiger partial charge in [-0.3, -0.25) is 14.9 Å². The van der Waals surface area contributed by atoms with Gasteiger partial charge in [0.1, 0.15) is 11.5 Å². The Morgan fingerprint density at radius 2 is 1.97 bits per heavy atom. The largest absolute Gasteiger partial charge is 0.494 e. The summed E-state index contributed by atoms with van der Waals surface area (Å²) in [6.07, 6.45) is 1.47.